The molecule has 1 aromatic heterocycles. The molecule has 0 fully saturated rings. The predicted octanol–water partition coefficient (Wildman–Crippen LogP) is 1.94. The van der Waals surface area contributed by atoms with Crippen molar-refractivity contribution < 1.29 is 9.53 Å². The summed E-state index contributed by atoms with van der Waals surface area (Å²) in [5, 5.41) is 7.50. The first kappa shape index (κ1) is 14.9. The van der Waals surface area contributed by atoms with E-state index in [9.17, 15) is 4.79 Å². The first-order valence-corrected chi connectivity index (χ1v) is 6.83. The molecule has 2 aromatic rings. The van der Waals surface area contributed by atoms with Gasteiger partial charge in [-0.1, -0.05) is 19.1 Å². The summed E-state index contributed by atoms with van der Waals surface area (Å²) >= 11 is 0. The number of ether oxygens (including phenoxy) is 1. The van der Waals surface area contributed by atoms with Gasteiger partial charge in [0.05, 0.1) is 25.0 Å². The van der Waals surface area contributed by atoms with E-state index in [0.29, 0.717) is 0 Å². The summed E-state index contributed by atoms with van der Waals surface area (Å²) < 4.78 is 6.68. The third kappa shape index (κ3) is 3.98. The van der Waals surface area contributed by atoms with Crippen LogP contribution in [0.1, 0.15) is 24.9 Å². The molecule has 112 valence electrons. The number of anilines is 1. The second kappa shape index (κ2) is 6.78. The molecule has 1 atom stereocenters. The lowest BCUT2D eigenvalue weighted by molar-refractivity contribution is -0.118. The standard InChI is InChI=1S/C15H20N4O2/c1-3-14(11-4-6-13(21-2)7-5-11)18-12-8-17-19(9-12)10-15(16)20/h4-9,14,18H,3,10H2,1-2H3,(H2,16,20). The molecule has 0 bridgehead atoms. The van der Waals surface area contributed by atoms with E-state index < -0.39 is 5.91 Å². The fourth-order valence-corrected chi connectivity index (χ4v) is 2.14. The van der Waals surface area contributed by atoms with Crippen molar-refractivity contribution in [3.8, 4) is 5.75 Å². The number of hydrogen-bond acceptors (Lipinski definition) is 4. The highest BCUT2D eigenvalue weighted by atomic mass is 16.5. The van der Waals surface area contributed by atoms with Crippen molar-refractivity contribution in [3.63, 3.8) is 0 Å². The predicted molar refractivity (Wildman–Crippen MR) is 81.1 cm³/mol. The van der Waals surface area contributed by atoms with Crippen LogP contribution < -0.4 is 15.8 Å². The second-order valence-corrected chi connectivity index (χ2v) is 4.77. The molecule has 1 amide bonds. The van der Waals surface area contributed by atoms with E-state index in [1.165, 1.54) is 10.2 Å². The van der Waals surface area contributed by atoms with Gasteiger partial charge in [-0.3, -0.25) is 9.48 Å². The van der Waals surface area contributed by atoms with Crippen molar-refractivity contribution in [1.82, 2.24) is 9.78 Å². The molecule has 1 aromatic carbocycles. The van der Waals surface area contributed by atoms with Crippen molar-refractivity contribution >= 4 is 11.6 Å². The van der Waals surface area contributed by atoms with Crippen LogP contribution in [-0.4, -0.2) is 22.8 Å². The van der Waals surface area contributed by atoms with Crippen LogP contribution >= 0.6 is 0 Å². The third-order valence-corrected chi connectivity index (χ3v) is 3.22. The van der Waals surface area contributed by atoms with E-state index >= 15 is 0 Å². The smallest absolute Gasteiger partial charge is 0.239 e. The van der Waals surface area contributed by atoms with Crippen LogP contribution in [0.2, 0.25) is 0 Å². The zero-order chi connectivity index (χ0) is 15.2. The Kier molecular flexibility index (Phi) is 4.81. The zero-order valence-electron chi connectivity index (χ0n) is 12.2. The minimum absolute atomic E-state index is 0.0843. The van der Waals surface area contributed by atoms with Crippen LogP contribution in [0.15, 0.2) is 36.7 Å². The van der Waals surface area contributed by atoms with Crippen LogP contribution in [0.25, 0.3) is 0 Å². The largest absolute Gasteiger partial charge is 0.497 e. The number of rotatable bonds is 7. The number of nitrogens with one attached hydrogen (secondary N) is 1. The van der Waals surface area contributed by atoms with Gasteiger partial charge in [0.2, 0.25) is 5.91 Å². The number of nitrogens with two attached hydrogens (primary N) is 1. The molecule has 0 saturated carbocycles. The summed E-state index contributed by atoms with van der Waals surface area (Å²) in [6, 6.07) is 8.12. The third-order valence-electron chi connectivity index (χ3n) is 3.22. The average Bonchev–Trinajstić information content (AvgIpc) is 2.91. The van der Waals surface area contributed by atoms with Gasteiger partial charge < -0.3 is 15.8 Å². The molecule has 0 spiro atoms. The van der Waals surface area contributed by atoms with Crippen molar-refractivity contribution in [1.29, 1.82) is 0 Å². The maximum atomic E-state index is 10.9. The maximum absolute atomic E-state index is 10.9. The number of benzene rings is 1. The molecule has 1 heterocycles. The molecular formula is C15H20N4O2. The summed E-state index contributed by atoms with van der Waals surface area (Å²) in [5.74, 6) is 0.426. The van der Waals surface area contributed by atoms with Crippen molar-refractivity contribution in [3.05, 3.63) is 42.2 Å². The van der Waals surface area contributed by atoms with Gasteiger partial charge in [0.25, 0.3) is 0 Å². The quantitative estimate of drug-likeness (QED) is 0.815. The molecule has 0 radical (unpaired) electrons. The molecule has 1 unspecified atom stereocenters. The Morgan fingerprint density at radius 2 is 2.14 bits per heavy atom. The molecule has 21 heavy (non-hydrogen) atoms. The maximum Gasteiger partial charge on any atom is 0.239 e. The summed E-state index contributed by atoms with van der Waals surface area (Å²) in [4.78, 5) is 10.9. The summed E-state index contributed by atoms with van der Waals surface area (Å²) in [6.45, 7) is 2.19. The van der Waals surface area contributed by atoms with Gasteiger partial charge in [-0.05, 0) is 24.1 Å². The van der Waals surface area contributed by atoms with E-state index in [1.54, 1.807) is 19.5 Å². The Balaban J connectivity index is 2.07. The van der Waals surface area contributed by atoms with E-state index in [2.05, 4.69) is 17.3 Å². The van der Waals surface area contributed by atoms with Crippen LogP contribution in [0.4, 0.5) is 5.69 Å². The van der Waals surface area contributed by atoms with Gasteiger partial charge in [-0.25, -0.2) is 0 Å². The van der Waals surface area contributed by atoms with Crippen molar-refractivity contribution in [2.24, 2.45) is 5.73 Å². The monoisotopic (exact) mass is 288 g/mol. The summed E-state index contributed by atoms with van der Waals surface area (Å²) in [6.07, 6.45) is 4.39. The fraction of sp³-hybridized carbons (Fsp3) is 0.333. The molecule has 6 nitrogen and oxygen atoms in total. The van der Waals surface area contributed by atoms with E-state index in [-0.39, 0.29) is 12.6 Å². The van der Waals surface area contributed by atoms with Gasteiger partial charge >= 0.3 is 0 Å². The van der Waals surface area contributed by atoms with E-state index in [0.717, 1.165) is 17.9 Å². The summed E-state index contributed by atoms with van der Waals surface area (Å²) in [5.41, 5.74) is 7.18. The lowest BCUT2D eigenvalue weighted by atomic mass is 10.0. The highest BCUT2D eigenvalue weighted by Gasteiger charge is 2.10. The van der Waals surface area contributed by atoms with Crippen molar-refractivity contribution in [2.45, 2.75) is 25.9 Å². The molecule has 3 N–H and O–H groups in total. The minimum Gasteiger partial charge on any atom is -0.497 e. The Bertz CT molecular complexity index is 592. The Hall–Kier alpha value is -2.50. The second-order valence-electron chi connectivity index (χ2n) is 4.77. The average molecular weight is 288 g/mol. The highest BCUT2D eigenvalue weighted by molar-refractivity contribution is 5.73. The lowest BCUT2D eigenvalue weighted by Gasteiger charge is -2.17. The number of carbonyl (C=O) groups excluding carboxylic acids is 1. The number of hydrogen-bond donors (Lipinski definition) is 2. The molecular weight excluding hydrogens is 268 g/mol. The molecule has 0 aliphatic carbocycles. The first-order chi connectivity index (χ1) is 10.1. The van der Waals surface area contributed by atoms with Crippen molar-refractivity contribution in [2.75, 3.05) is 12.4 Å². The number of nitrogens with zero attached hydrogens (tertiary/aromatic N) is 2. The van der Waals surface area contributed by atoms with Gasteiger partial charge in [-0.15, -0.1) is 0 Å². The van der Waals surface area contributed by atoms with Crippen LogP contribution in [0.5, 0.6) is 5.75 Å². The van der Waals surface area contributed by atoms with Gasteiger partial charge in [0.1, 0.15) is 12.3 Å². The van der Waals surface area contributed by atoms with Gasteiger partial charge in [0.15, 0.2) is 0 Å². The normalized spacial score (nSPS) is 11.9. The van der Waals surface area contributed by atoms with Crippen LogP contribution in [0.3, 0.4) is 0 Å². The number of aromatic nitrogens is 2. The molecule has 6 heteroatoms. The minimum atomic E-state index is -0.410. The van der Waals surface area contributed by atoms with Crippen LogP contribution in [0, 0.1) is 0 Å². The molecule has 0 aliphatic rings. The number of methoxy groups -OCH3 is 1. The van der Waals surface area contributed by atoms with Gasteiger partial charge in [-0.2, -0.15) is 5.10 Å². The number of carbonyl (C=O) groups is 1. The molecule has 0 aliphatic heterocycles. The number of amides is 1. The van der Waals surface area contributed by atoms with Crippen LogP contribution in [-0.2, 0) is 11.3 Å². The summed E-state index contributed by atoms with van der Waals surface area (Å²) in [7, 11) is 1.65. The van der Waals surface area contributed by atoms with E-state index in [4.69, 9.17) is 10.5 Å². The Morgan fingerprint density at radius 1 is 1.43 bits per heavy atom. The Labute approximate surface area is 123 Å². The topological polar surface area (TPSA) is 82.2 Å². The van der Waals surface area contributed by atoms with Gasteiger partial charge in [0, 0.05) is 6.20 Å². The fourth-order valence-electron chi connectivity index (χ4n) is 2.14. The lowest BCUT2D eigenvalue weighted by Crippen LogP contribution is -2.18. The Morgan fingerprint density at radius 3 is 2.71 bits per heavy atom. The first-order valence-electron chi connectivity index (χ1n) is 6.83. The zero-order valence-corrected chi connectivity index (χ0v) is 12.2. The SMILES string of the molecule is CCC(Nc1cnn(CC(N)=O)c1)c1ccc(OC)cc1. The highest BCUT2D eigenvalue weighted by Crippen LogP contribution is 2.24. The van der Waals surface area contributed by atoms with E-state index in [1.807, 2.05) is 24.3 Å². The molecule has 2 rings (SSSR count). The molecule has 0 saturated heterocycles. The number of primary amides is 1.